The Labute approximate surface area is 87.3 Å². The van der Waals surface area contributed by atoms with Gasteiger partial charge in [-0.15, -0.1) is 0 Å². The molecule has 0 radical (unpaired) electrons. The van der Waals surface area contributed by atoms with Gasteiger partial charge in [-0.1, -0.05) is 6.92 Å². The number of hydrogen-bond acceptors (Lipinski definition) is 3. The van der Waals surface area contributed by atoms with E-state index in [0.717, 1.165) is 31.8 Å². The molecule has 14 heavy (non-hydrogen) atoms. The molecule has 0 aromatic carbocycles. The molecule has 0 aliphatic carbocycles. The highest BCUT2D eigenvalue weighted by atomic mass is 16.3. The third kappa shape index (κ3) is 4.40. The lowest BCUT2D eigenvalue weighted by molar-refractivity contribution is 0.254. The standard InChI is InChI=1S/C11H24N2O/c1-2-11(5-7-14)13-9-10-4-3-6-12-8-10/h10-14H,2-9H2,1H3. The van der Waals surface area contributed by atoms with Crippen LogP contribution in [0.4, 0.5) is 0 Å². The van der Waals surface area contributed by atoms with E-state index in [1.54, 1.807) is 0 Å². The van der Waals surface area contributed by atoms with E-state index in [2.05, 4.69) is 17.6 Å². The molecule has 1 aliphatic rings. The highest BCUT2D eigenvalue weighted by molar-refractivity contribution is 4.73. The van der Waals surface area contributed by atoms with Gasteiger partial charge >= 0.3 is 0 Å². The summed E-state index contributed by atoms with van der Waals surface area (Å²) in [5.74, 6) is 0.788. The zero-order chi connectivity index (χ0) is 10.2. The molecule has 3 N–H and O–H groups in total. The Bertz CT molecular complexity index is 130. The highest BCUT2D eigenvalue weighted by Gasteiger charge is 2.14. The van der Waals surface area contributed by atoms with Gasteiger partial charge < -0.3 is 15.7 Å². The van der Waals surface area contributed by atoms with E-state index in [1.165, 1.54) is 19.4 Å². The van der Waals surface area contributed by atoms with E-state index in [-0.39, 0.29) is 0 Å². The Morgan fingerprint density at radius 2 is 2.43 bits per heavy atom. The van der Waals surface area contributed by atoms with E-state index in [4.69, 9.17) is 5.11 Å². The summed E-state index contributed by atoms with van der Waals surface area (Å²) in [7, 11) is 0. The molecule has 1 aliphatic heterocycles. The van der Waals surface area contributed by atoms with Crippen LogP contribution in [-0.2, 0) is 0 Å². The summed E-state index contributed by atoms with van der Waals surface area (Å²) in [6.07, 6.45) is 4.65. The van der Waals surface area contributed by atoms with Crippen LogP contribution in [0.1, 0.15) is 32.6 Å². The number of hydrogen-bond donors (Lipinski definition) is 3. The van der Waals surface area contributed by atoms with Gasteiger partial charge in [0.25, 0.3) is 0 Å². The lowest BCUT2D eigenvalue weighted by Crippen LogP contribution is -2.39. The predicted molar refractivity (Wildman–Crippen MR) is 59.4 cm³/mol. The molecule has 1 rings (SSSR count). The Hall–Kier alpha value is -0.120. The predicted octanol–water partition coefficient (Wildman–Crippen LogP) is 0.737. The average Bonchev–Trinajstić information content (AvgIpc) is 2.25. The fraction of sp³-hybridized carbons (Fsp3) is 1.00. The van der Waals surface area contributed by atoms with Crippen molar-refractivity contribution in [2.45, 2.75) is 38.6 Å². The van der Waals surface area contributed by atoms with Crippen LogP contribution in [0.2, 0.25) is 0 Å². The van der Waals surface area contributed by atoms with Crippen molar-refractivity contribution < 1.29 is 5.11 Å². The number of nitrogens with one attached hydrogen (secondary N) is 2. The zero-order valence-electron chi connectivity index (χ0n) is 9.26. The second-order valence-corrected chi connectivity index (χ2v) is 4.24. The maximum Gasteiger partial charge on any atom is 0.0445 e. The molecule has 1 fully saturated rings. The van der Waals surface area contributed by atoms with Crippen LogP contribution < -0.4 is 10.6 Å². The van der Waals surface area contributed by atoms with Crippen molar-refractivity contribution in [2.24, 2.45) is 5.92 Å². The van der Waals surface area contributed by atoms with Crippen molar-refractivity contribution in [3.63, 3.8) is 0 Å². The summed E-state index contributed by atoms with van der Waals surface area (Å²) in [6, 6.07) is 0.502. The first kappa shape index (κ1) is 12.0. The van der Waals surface area contributed by atoms with E-state index < -0.39 is 0 Å². The molecule has 0 saturated carbocycles. The molecular weight excluding hydrogens is 176 g/mol. The fourth-order valence-electron chi connectivity index (χ4n) is 2.04. The highest BCUT2D eigenvalue weighted by Crippen LogP contribution is 2.09. The van der Waals surface area contributed by atoms with Gasteiger partial charge in [0.05, 0.1) is 0 Å². The summed E-state index contributed by atoms with van der Waals surface area (Å²) in [4.78, 5) is 0. The quantitative estimate of drug-likeness (QED) is 0.592. The maximum absolute atomic E-state index is 8.85. The van der Waals surface area contributed by atoms with E-state index in [1.807, 2.05) is 0 Å². The molecule has 0 aromatic rings. The SMILES string of the molecule is CCC(CCO)NCC1CCCNC1. The smallest absolute Gasteiger partial charge is 0.0445 e. The molecule has 0 aromatic heterocycles. The van der Waals surface area contributed by atoms with Gasteiger partial charge in [-0.2, -0.15) is 0 Å². The van der Waals surface area contributed by atoms with Gasteiger partial charge in [0, 0.05) is 12.6 Å². The maximum atomic E-state index is 8.85. The van der Waals surface area contributed by atoms with E-state index in [0.29, 0.717) is 12.6 Å². The molecule has 0 amide bonds. The summed E-state index contributed by atoms with van der Waals surface area (Å²) in [5, 5.41) is 15.8. The van der Waals surface area contributed by atoms with Gasteiger partial charge in [0.1, 0.15) is 0 Å². The van der Waals surface area contributed by atoms with Crippen molar-refractivity contribution in [1.29, 1.82) is 0 Å². The molecule has 84 valence electrons. The van der Waals surface area contributed by atoms with Crippen molar-refractivity contribution >= 4 is 0 Å². The van der Waals surface area contributed by atoms with Crippen LogP contribution in [0.25, 0.3) is 0 Å². The first-order valence-electron chi connectivity index (χ1n) is 5.91. The Morgan fingerprint density at radius 3 is 3.00 bits per heavy atom. The van der Waals surface area contributed by atoms with Crippen molar-refractivity contribution in [3.8, 4) is 0 Å². The van der Waals surface area contributed by atoms with Gasteiger partial charge in [-0.05, 0) is 51.2 Å². The monoisotopic (exact) mass is 200 g/mol. The average molecular weight is 200 g/mol. The third-order valence-corrected chi connectivity index (χ3v) is 3.06. The van der Waals surface area contributed by atoms with Crippen molar-refractivity contribution in [3.05, 3.63) is 0 Å². The Morgan fingerprint density at radius 1 is 1.57 bits per heavy atom. The fourth-order valence-corrected chi connectivity index (χ4v) is 2.04. The molecule has 1 heterocycles. The number of aliphatic hydroxyl groups excluding tert-OH is 1. The van der Waals surface area contributed by atoms with Gasteiger partial charge in [0.15, 0.2) is 0 Å². The van der Waals surface area contributed by atoms with Crippen molar-refractivity contribution in [1.82, 2.24) is 10.6 Å². The van der Waals surface area contributed by atoms with Crippen LogP contribution in [0, 0.1) is 5.92 Å². The minimum absolute atomic E-state index is 0.300. The molecular formula is C11H24N2O. The Balaban J connectivity index is 2.10. The van der Waals surface area contributed by atoms with Crippen LogP contribution in [-0.4, -0.2) is 37.4 Å². The van der Waals surface area contributed by atoms with E-state index in [9.17, 15) is 0 Å². The first-order valence-corrected chi connectivity index (χ1v) is 5.91. The van der Waals surface area contributed by atoms with Crippen LogP contribution in [0.3, 0.4) is 0 Å². The number of rotatable bonds is 6. The summed E-state index contributed by atoms with van der Waals surface area (Å²) in [6.45, 7) is 5.92. The normalized spacial score (nSPS) is 24.9. The van der Waals surface area contributed by atoms with Gasteiger partial charge in [0.2, 0.25) is 0 Å². The number of piperidine rings is 1. The second kappa shape index (κ2) is 7.21. The largest absolute Gasteiger partial charge is 0.396 e. The van der Waals surface area contributed by atoms with Gasteiger partial charge in [-0.25, -0.2) is 0 Å². The Kier molecular flexibility index (Phi) is 6.15. The molecule has 2 atom stereocenters. The molecule has 0 spiro atoms. The van der Waals surface area contributed by atoms with E-state index >= 15 is 0 Å². The molecule has 2 unspecified atom stereocenters. The topological polar surface area (TPSA) is 44.3 Å². The van der Waals surface area contributed by atoms with Gasteiger partial charge in [-0.3, -0.25) is 0 Å². The van der Waals surface area contributed by atoms with Crippen LogP contribution >= 0.6 is 0 Å². The minimum atomic E-state index is 0.300. The van der Waals surface area contributed by atoms with Crippen LogP contribution in [0.5, 0.6) is 0 Å². The molecule has 3 heteroatoms. The lowest BCUT2D eigenvalue weighted by Gasteiger charge is -2.25. The van der Waals surface area contributed by atoms with Crippen molar-refractivity contribution in [2.75, 3.05) is 26.2 Å². The van der Waals surface area contributed by atoms with Crippen LogP contribution in [0.15, 0.2) is 0 Å². The third-order valence-electron chi connectivity index (χ3n) is 3.06. The zero-order valence-corrected chi connectivity index (χ0v) is 9.26. The lowest BCUT2D eigenvalue weighted by atomic mass is 9.99. The second-order valence-electron chi connectivity index (χ2n) is 4.24. The minimum Gasteiger partial charge on any atom is -0.396 e. The molecule has 0 bridgehead atoms. The number of aliphatic hydroxyl groups is 1. The summed E-state index contributed by atoms with van der Waals surface area (Å²) in [5.41, 5.74) is 0. The summed E-state index contributed by atoms with van der Waals surface area (Å²) < 4.78 is 0. The molecule has 1 saturated heterocycles. The summed E-state index contributed by atoms with van der Waals surface area (Å²) >= 11 is 0. The first-order chi connectivity index (χ1) is 6.86. The molecule has 3 nitrogen and oxygen atoms in total.